The van der Waals surface area contributed by atoms with E-state index in [0.717, 1.165) is 34.5 Å². The van der Waals surface area contributed by atoms with Gasteiger partial charge in [-0.1, -0.05) is 44.2 Å². The van der Waals surface area contributed by atoms with Crippen LogP contribution in [0, 0.1) is 5.92 Å². The van der Waals surface area contributed by atoms with Gasteiger partial charge >= 0.3 is 0 Å². The molecule has 1 amide bonds. The Bertz CT molecular complexity index is 972. The fraction of sp³-hybridized carbons (Fsp3) is 0.269. The van der Waals surface area contributed by atoms with Gasteiger partial charge in [0, 0.05) is 17.7 Å². The molecule has 3 rings (SSSR count). The lowest BCUT2D eigenvalue weighted by Crippen LogP contribution is -2.12. The maximum absolute atomic E-state index is 12.6. The molecule has 162 valence electrons. The smallest absolute Gasteiger partial charge is 0.255 e. The van der Waals surface area contributed by atoms with Crippen LogP contribution < -0.4 is 14.8 Å². The predicted octanol–water partition coefficient (Wildman–Crippen LogP) is 6.75. The van der Waals surface area contributed by atoms with Gasteiger partial charge in [0.05, 0.1) is 17.7 Å². The quantitative estimate of drug-likeness (QED) is 0.348. The summed E-state index contributed by atoms with van der Waals surface area (Å²) in [6.07, 6.45) is 1.84. The van der Waals surface area contributed by atoms with E-state index in [1.807, 2.05) is 48.5 Å². The van der Waals surface area contributed by atoms with Crippen molar-refractivity contribution in [1.29, 1.82) is 0 Å². The normalized spacial score (nSPS) is 10.7. The SMILES string of the molecule is CC(C)CCOc1ccc(NC(=O)c2ccc(OCCc3ccccc3)c(Br)c2)cc1. The van der Waals surface area contributed by atoms with Crippen LogP contribution in [0.3, 0.4) is 0 Å². The molecule has 0 aromatic heterocycles. The number of carbonyl (C=O) groups is 1. The van der Waals surface area contributed by atoms with Crippen molar-refractivity contribution in [3.8, 4) is 11.5 Å². The van der Waals surface area contributed by atoms with E-state index in [9.17, 15) is 4.79 Å². The molecule has 0 atom stereocenters. The van der Waals surface area contributed by atoms with Gasteiger partial charge in [-0.25, -0.2) is 0 Å². The fourth-order valence-electron chi connectivity index (χ4n) is 2.93. The van der Waals surface area contributed by atoms with Crippen molar-refractivity contribution in [1.82, 2.24) is 0 Å². The van der Waals surface area contributed by atoms with Crippen LogP contribution >= 0.6 is 15.9 Å². The first-order valence-corrected chi connectivity index (χ1v) is 11.3. The number of amides is 1. The summed E-state index contributed by atoms with van der Waals surface area (Å²) in [5, 5.41) is 2.91. The highest BCUT2D eigenvalue weighted by molar-refractivity contribution is 9.10. The van der Waals surface area contributed by atoms with Gasteiger partial charge in [0.1, 0.15) is 11.5 Å². The van der Waals surface area contributed by atoms with Crippen LogP contribution in [-0.2, 0) is 6.42 Å². The second kappa shape index (κ2) is 11.6. The van der Waals surface area contributed by atoms with E-state index < -0.39 is 0 Å². The third-order valence-electron chi connectivity index (χ3n) is 4.76. The molecular weight excluding hydrogens is 454 g/mol. The van der Waals surface area contributed by atoms with E-state index in [1.54, 1.807) is 12.1 Å². The van der Waals surface area contributed by atoms with E-state index >= 15 is 0 Å². The molecule has 0 saturated heterocycles. The Kier molecular flexibility index (Phi) is 8.53. The Morgan fingerprint density at radius 1 is 0.935 bits per heavy atom. The lowest BCUT2D eigenvalue weighted by molar-refractivity contribution is 0.102. The van der Waals surface area contributed by atoms with Crippen molar-refractivity contribution in [3.63, 3.8) is 0 Å². The fourth-order valence-corrected chi connectivity index (χ4v) is 3.43. The van der Waals surface area contributed by atoms with Crippen LogP contribution in [0.5, 0.6) is 11.5 Å². The molecule has 3 aromatic carbocycles. The van der Waals surface area contributed by atoms with E-state index in [0.29, 0.717) is 24.7 Å². The molecule has 0 bridgehead atoms. The van der Waals surface area contributed by atoms with Crippen LogP contribution in [-0.4, -0.2) is 19.1 Å². The van der Waals surface area contributed by atoms with Crippen molar-refractivity contribution in [2.24, 2.45) is 5.92 Å². The van der Waals surface area contributed by atoms with Crippen molar-refractivity contribution >= 4 is 27.5 Å². The highest BCUT2D eigenvalue weighted by Gasteiger charge is 2.10. The number of hydrogen-bond acceptors (Lipinski definition) is 3. The van der Waals surface area contributed by atoms with Gasteiger partial charge < -0.3 is 14.8 Å². The highest BCUT2D eigenvalue weighted by atomic mass is 79.9. The van der Waals surface area contributed by atoms with E-state index in [2.05, 4.69) is 47.2 Å². The second-order valence-corrected chi connectivity index (χ2v) is 8.59. The van der Waals surface area contributed by atoms with Gasteiger partial charge in [0.2, 0.25) is 0 Å². The third-order valence-corrected chi connectivity index (χ3v) is 5.38. The molecule has 31 heavy (non-hydrogen) atoms. The molecule has 0 saturated carbocycles. The predicted molar refractivity (Wildman–Crippen MR) is 129 cm³/mol. The van der Waals surface area contributed by atoms with Gasteiger partial charge in [-0.15, -0.1) is 0 Å². The maximum Gasteiger partial charge on any atom is 0.255 e. The molecular formula is C26H28BrNO3. The molecule has 0 aliphatic heterocycles. The summed E-state index contributed by atoms with van der Waals surface area (Å²) in [7, 11) is 0. The van der Waals surface area contributed by atoms with Gasteiger partial charge in [-0.2, -0.15) is 0 Å². The van der Waals surface area contributed by atoms with Gasteiger partial charge in [0.15, 0.2) is 0 Å². The number of halogens is 1. The molecule has 0 spiro atoms. The highest BCUT2D eigenvalue weighted by Crippen LogP contribution is 2.27. The minimum atomic E-state index is -0.176. The Balaban J connectivity index is 1.51. The molecule has 0 radical (unpaired) electrons. The Hall–Kier alpha value is -2.79. The number of nitrogens with one attached hydrogen (secondary N) is 1. The van der Waals surface area contributed by atoms with E-state index in [-0.39, 0.29) is 5.91 Å². The van der Waals surface area contributed by atoms with Gasteiger partial charge in [-0.3, -0.25) is 4.79 Å². The van der Waals surface area contributed by atoms with Crippen molar-refractivity contribution in [3.05, 3.63) is 88.4 Å². The molecule has 0 aliphatic rings. The number of anilines is 1. The summed E-state index contributed by atoms with van der Waals surface area (Å²) >= 11 is 3.51. The number of benzene rings is 3. The third kappa shape index (κ3) is 7.44. The van der Waals surface area contributed by atoms with Gasteiger partial charge in [0.25, 0.3) is 5.91 Å². The first-order chi connectivity index (χ1) is 15.0. The zero-order chi connectivity index (χ0) is 22.1. The van der Waals surface area contributed by atoms with Crippen LogP contribution in [0.4, 0.5) is 5.69 Å². The Morgan fingerprint density at radius 2 is 1.68 bits per heavy atom. The first kappa shape index (κ1) is 22.9. The summed E-state index contributed by atoms with van der Waals surface area (Å²) < 4.78 is 12.3. The summed E-state index contributed by atoms with van der Waals surface area (Å²) in [5.74, 6) is 1.96. The number of ether oxygens (including phenoxy) is 2. The van der Waals surface area contributed by atoms with Crippen LogP contribution in [0.2, 0.25) is 0 Å². The Morgan fingerprint density at radius 3 is 2.35 bits per heavy atom. The zero-order valence-electron chi connectivity index (χ0n) is 17.9. The zero-order valence-corrected chi connectivity index (χ0v) is 19.5. The molecule has 0 aliphatic carbocycles. The monoisotopic (exact) mass is 481 g/mol. The summed E-state index contributed by atoms with van der Waals surface area (Å²) in [4.78, 5) is 12.6. The summed E-state index contributed by atoms with van der Waals surface area (Å²) in [6.45, 7) is 5.60. The first-order valence-electron chi connectivity index (χ1n) is 10.5. The second-order valence-electron chi connectivity index (χ2n) is 7.74. The standard InChI is InChI=1S/C26H28BrNO3/c1-19(2)14-16-30-23-11-9-22(10-12-23)28-26(29)21-8-13-25(24(27)18-21)31-17-15-20-6-4-3-5-7-20/h3-13,18-19H,14-17H2,1-2H3,(H,28,29). The van der Waals surface area contributed by atoms with Crippen molar-refractivity contribution < 1.29 is 14.3 Å². The van der Waals surface area contributed by atoms with E-state index in [4.69, 9.17) is 9.47 Å². The number of carbonyl (C=O) groups excluding carboxylic acids is 1. The van der Waals surface area contributed by atoms with Crippen LogP contribution in [0.25, 0.3) is 0 Å². The number of rotatable bonds is 10. The minimum Gasteiger partial charge on any atom is -0.494 e. The molecule has 0 heterocycles. The molecule has 5 heteroatoms. The lowest BCUT2D eigenvalue weighted by atomic mass is 10.1. The average molecular weight is 482 g/mol. The summed E-state index contributed by atoms with van der Waals surface area (Å²) in [5.41, 5.74) is 2.51. The maximum atomic E-state index is 12.6. The molecule has 0 fully saturated rings. The molecule has 1 N–H and O–H groups in total. The lowest BCUT2D eigenvalue weighted by Gasteiger charge is -2.11. The topological polar surface area (TPSA) is 47.6 Å². The van der Waals surface area contributed by atoms with Crippen LogP contribution in [0.15, 0.2) is 77.3 Å². The van der Waals surface area contributed by atoms with Crippen molar-refractivity contribution in [2.75, 3.05) is 18.5 Å². The molecule has 4 nitrogen and oxygen atoms in total. The number of hydrogen-bond donors (Lipinski definition) is 1. The van der Waals surface area contributed by atoms with Crippen LogP contribution in [0.1, 0.15) is 36.2 Å². The summed E-state index contributed by atoms with van der Waals surface area (Å²) in [6, 6.07) is 23.0. The molecule has 3 aromatic rings. The van der Waals surface area contributed by atoms with Gasteiger partial charge in [-0.05, 0) is 76.3 Å². The molecule has 0 unspecified atom stereocenters. The largest absolute Gasteiger partial charge is 0.494 e. The Labute approximate surface area is 192 Å². The van der Waals surface area contributed by atoms with E-state index in [1.165, 1.54) is 5.56 Å². The average Bonchev–Trinajstić information content (AvgIpc) is 2.76. The minimum absolute atomic E-state index is 0.176. The van der Waals surface area contributed by atoms with Crippen molar-refractivity contribution in [2.45, 2.75) is 26.7 Å².